The molecule has 142 valence electrons. The first-order chi connectivity index (χ1) is 13.3. The van der Waals surface area contributed by atoms with Gasteiger partial charge in [-0.1, -0.05) is 6.07 Å². The largest absolute Gasteiger partial charge is 0.366 e. The SMILES string of the molecule is Cc1ccc(C(N)=O)cc1Nc1ncc2c(n1)-c1c(c(C(N)=O)nn1C)CC2. The van der Waals surface area contributed by atoms with Crippen LogP contribution in [0.4, 0.5) is 11.6 Å². The van der Waals surface area contributed by atoms with Gasteiger partial charge < -0.3 is 16.8 Å². The van der Waals surface area contributed by atoms with Crippen molar-refractivity contribution in [2.75, 3.05) is 5.32 Å². The normalized spacial score (nSPS) is 12.2. The van der Waals surface area contributed by atoms with E-state index in [9.17, 15) is 9.59 Å². The molecule has 28 heavy (non-hydrogen) atoms. The molecule has 0 radical (unpaired) electrons. The predicted molar refractivity (Wildman–Crippen MR) is 103 cm³/mol. The van der Waals surface area contributed by atoms with Gasteiger partial charge >= 0.3 is 0 Å². The number of nitrogens with zero attached hydrogens (tertiary/aromatic N) is 4. The molecule has 0 atom stereocenters. The summed E-state index contributed by atoms with van der Waals surface area (Å²) in [6.07, 6.45) is 3.12. The molecule has 1 aliphatic carbocycles. The van der Waals surface area contributed by atoms with Crippen LogP contribution < -0.4 is 16.8 Å². The molecular formula is C19H19N7O2. The molecule has 4 rings (SSSR count). The second-order valence-corrected chi connectivity index (χ2v) is 6.75. The average Bonchev–Trinajstić information content (AvgIpc) is 3.01. The van der Waals surface area contributed by atoms with Gasteiger partial charge in [0.25, 0.3) is 5.91 Å². The maximum absolute atomic E-state index is 11.7. The van der Waals surface area contributed by atoms with Crippen molar-refractivity contribution in [1.82, 2.24) is 19.7 Å². The van der Waals surface area contributed by atoms with Crippen LogP contribution >= 0.6 is 0 Å². The van der Waals surface area contributed by atoms with E-state index in [1.165, 1.54) is 0 Å². The van der Waals surface area contributed by atoms with E-state index in [2.05, 4.69) is 20.4 Å². The van der Waals surface area contributed by atoms with Crippen LogP contribution in [0.15, 0.2) is 24.4 Å². The third-order valence-electron chi connectivity index (χ3n) is 4.88. The first kappa shape index (κ1) is 17.7. The Morgan fingerprint density at radius 1 is 1.18 bits per heavy atom. The van der Waals surface area contributed by atoms with Gasteiger partial charge in [-0.25, -0.2) is 9.97 Å². The fourth-order valence-corrected chi connectivity index (χ4v) is 3.44. The summed E-state index contributed by atoms with van der Waals surface area (Å²) < 4.78 is 1.63. The van der Waals surface area contributed by atoms with Crippen molar-refractivity contribution in [2.24, 2.45) is 18.5 Å². The van der Waals surface area contributed by atoms with E-state index in [0.29, 0.717) is 35.7 Å². The van der Waals surface area contributed by atoms with Gasteiger partial charge in [-0.15, -0.1) is 0 Å². The molecule has 0 unspecified atom stereocenters. The minimum atomic E-state index is -0.549. The van der Waals surface area contributed by atoms with E-state index >= 15 is 0 Å². The maximum Gasteiger partial charge on any atom is 0.269 e. The molecule has 3 aromatic rings. The highest BCUT2D eigenvalue weighted by atomic mass is 16.1. The highest BCUT2D eigenvalue weighted by molar-refractivity contribution is 5.95. The number of benzene rings is 1. The quantitative estimate of drug-likeness (QED) is 0.624. The topological polar surface area (TPSA) is 142 Å². The lowest BCUT2D eigenvalue weighted by Crippen LogP contribution is -2.16. The molecule has 0 saturated heterocycles. The van der Waals surface area contributed by atoms with Crippen LogP contribution in [-0.4, -0.2) is 31.6 Å². The van der Waals surface area contributed by atoms with E-state index in [-0.39, 0.29) is 5.69 Å². The van der Waals surface area contributed by atoms with E-state index < -0.39 is 11.8 Å². The fourth-order valence-electron chi connectivity index (χ4n) is 3.44. The minimum Gasteiger partial charge on any atom is -0.366 e. The molecule has 0 fully saturated rings. The number of aromatic nitrogens is 4. The van der Waals surface area contributed by atoms with Crippen LogP contribution in [0.25, 0.3) is 11.4 Å². The van der Waals surface area contributed by atoms with Crippen molar-refractivity contribution in [3.63, 3.8) is 0 Å². The number of carbonyl (C=O) groups is 2. The lowest BCUT2D eigenvalue weighted by Gasteiger charge is -2.18. The van der Waals surface area contributed by atoms with Gasteiger partial charge in [0, 0.05) is 30.1 Å². The van der Waals surface area contributed by atoms with Crippen LogP contribution in [0.3, 0.4) is 0 Å². The molecular weight excluding hydrogens is 358 g/mol. The smallest absolute Gasteiger partial charge is 0.269 e. The minimum absolute atomic E-state index is 0.279. The summed E-state index contributed by atoms with van der Waals surface area (Å²) in [5, 5.41) is 7.41. The number of carbonyl (C=O) groups excluding carboxylic acids is 2. The van der Waals surface area contributed by atoms with Gasteiger partial charge in [0.1, 0.15) is 0 Å². The lowest BCUT2D eigenvalue weighted by molar-refractivity contribution is 0.0988. The Balaban J connectivity index is 1.76. The summed E-state index contributed by atoms with van der Waals surface area (Å²) in [5.74, 6) is -0.683. The van der Waals surface area contributed by atoms with E-state index in [0.717, 1.165) is 22.4 Å². The van der Waals surface area contributed by atoms with Gasteiger partial charge in [0.2, 0.25) is 11.9 Å². The summed E-state index contributed by atoms with van der Waals surface area (Å²) in [6.45, 7) is 1.91. The first-order valence-corrected chi connectivity index (χ1v) is 8.74. The number of amides is 2. The molecule has 0 bridgehead atoms. The van der Waals surface area contributed by atoms with Crippen LogP contribution in [0.2, 0.25) is 0 Å². The second-order valence-electron chi connectivity index (χ2n) is 6.75. The van der Waals surface area contributed by atoms with Crippen molar-refractivity contribution >= 4 is 23.5 Å². The van der Waals surface area contributed by atoms with Gasteiger partial charge in [-0.05, 0) is 43.0 Å². The number of aryl methyl sites for hydroxylation is 3. The van der Waals surface area contributed by atoms with Crippen LogP contribution in [0.1, 0.15) is 37.5 Å². The molecule has 9 heteroatoms. The van der Waals surface area contributed by atoms with Crippen LogP contribution in [0.5, 0.6) is 0 Å². The number of hydrogen-bond donors (Lipinski definition) is 3. The summed E-state index contributed by atoms with van der Waals surface area (Å²) in [7, 11) is 1.76. The van der Waals surface area contributed by atoms with Crippen molar-refractivity contribution in [1.29, 1.82) is 0 Å². The third-order valence-corrected chi connectivity index (χ3v) is 4.88. The number of hydrogen-bond acceptors (Lipinski definition) is 6. The number of fused-ring (bicyclic) bond motifs is 3. The molecule has 1 aliphatic rings. The highest BCUT2D eigenvalue weighted by Gasteiger charge is 2.28. The van der Waals surface area contributed by atoms with Gasteiger partial charge in [-0.3, -0.25) is 14.3 Å². The maximum atomic E-state index is 11.7. The Morgan fingerprint density at radius 2 is 1.96 bits per heavy atom. The number of nitrogens with one attached hydrogen (secondary N) is 1. The Labute approximate surface area is 160 Å². The third kappa shape index (κ3) is 2.86. The summed E-state index contributed by atoms with van der Waals surface area (Å²) in [6, 6.07) is 5.14. The second kappa shape index (κ2) is 6.45. The molecule has 2 aromatic heterocycles. The Kier molecular flexibility index (Phi) is 4.07. The average molecular weight is 377 g/mol. The Morgan fingerprint density at radius 3 is 2.68 bits per heavy atom. The molecule has 0 saturated carbocycles. The Bertz CT molecular complexity index is 1130. The van der Waals surface area contributed by atoms with Crippen molar-refractivity contribution in [3.05, 3.63) is 52.3 Å². The van der Waals surface area contributed by atoms with E-state index in [1.54, 1.807) is 36.1 Å². The number of primary amides is 2. The zero-order valence-electron chi connectivity index (χ0n) is 15.5. The standard InChI is InChI=1S/C19H19N7O2/c1-9-3-4-10(17(20)27)7-13(9)23-19-22-8-11-5-6-12-15(18(21)28)25-26(2)16(12)14(11)24-19/h3-4,7-8H,5-6H2,1-2H3,(H2,20,27)(H2,21,28)(H,22,23,24). The first-order valence-electron chi connectivity index (χ1n) is 8.74. The lowest BCUT2D eigenvalue weighted by atomic mass is 9.93. The molecule has 1 aromatic carbocycles. The zero-order valence-corrected chi connectivity index (χ0v) is 15.5. The van der Waals surface area contributed by atoms with Gasteiger partial charge in [0.15, 0.2) is 5.69 Å². The van der Waals surface area contributed by atoms with Crippen molar-refractivity contribution < 1.29 is 9.59 Å². The number of rotatable bonds is 4. The number of anilines is 2. The van der Waals surface area contributed by atoms with Crippen molar-refractivity contribution in [3.8, 4) is 11.4 Å². The van der Waals surface area contributed by atoms with Gasteiger partial charge in [-0.2, -0.15) is 5.10 Å². The molecule has 9 nitrogen and oxygen atoms in total. The Hall–Kier alpha value is -3.75. The summed E-state index contributed by atoms with van der Waals surface area (Å²) in [5.41, 5.74) is 16.4. The van der Waals surface area contributed by atoms with Gasteiger partial charge in [0.05, 0.1) is 11.4 Å². The summed E-state index contributed by atoms with van der Waals surface area (Å²) >= 11 is 0. The van der Waals surface area contributed by atoms with Crippen LogP contribution in [-0.2, 0) is 19.9 Å². The molecule has 0 spiro atoms. The van der Waals surface area contributed by atoms with Crippen LogP contribution in [0, 0.1) is 6.92 Å². The van der Waals surface area contributed by atoms with E-state index in [1.807, 2.05) is 6.92 Å². The van der Waals surface area contributed by atoms with E-state index in [4.69, 9.17) is 11.5 Å². The molecule has 5 N–H and O–H groups in total. The zero-order chi connectivity index (χ0) is 20.0. The van der Waals surface area contributed by atoms with Crippen molar-refractivity contribution in [2.45, 2.75) is 19.8 Å². The molecule has 0 aliphatic heterocycles. The predicted octanol–water partition coefficient (Wildman–Crippen LogP) is 1.23. The summed E-state index contributed by atoms with van der Waals surface area (Å²) in [4.78, 5) is 32.2. The molecule has 2 heterocycles. The number of nitrogens with two attached hydrogens (primary N) is 2. The molecule has 2 amide bonds. The highest BCUT2D eigenvalue weighted by Crippen LogP contribution is 2.34. The fraction of sp³-hybridized carbons (Fsp3) is 0.211. The monoisotopic (exact) mass is 377 g/mol.